The van der Waals surface area contributed by atoms with Crippen molar-refractivity contribution in [2.45, 2.75) is 155 Å². The molecule has 0 spiro atoms. The van der Waals surface area contributed by atoms with Crippen LogP contribution in [-0.2, 0) is 18.7 Å². The molecular weight excluding hydrogens is 527 g/mol. The molecule has 0 aromatic heterocycles. The lowest BCUT2D eigenvalue weighted by Crippen LogP contribution is -2.12. The predicted octanol–water partition coefficient (Wildman–Crippen LogP) is 10.0. The predicted molar refractivity (Wildman–Crippen MR) is 162 cm³/mol. The van der Waals surface area contributed by atoms with E-state index in [4.69, 9.17) is 9.99 Å². The van der Waals surface area contributed by atoms with E-state index >= 15 is 0 Å². The minimum absolute atomic E-state index is 0.253. The van der Waals surface area contributed by atoms with Crippen molar-refractivity contribution in [3.05, 3.63) is 0 Å². The number of phosphoric acid groups is 1. The fourth-order valence-electron chi connectivity index (χ4n) is 4.06. The van der Waals surface area contributed by atoms with Crippen LogP contribution in [0.1, 0.15) is 149 Å². The van der Waals surface area contributed by atoms with E-state index in [-0.39, 0.29) is 13.2 Å². The Labute approximate surface area is 237 Å². The Balaban J connectivity index is 3.15. The van der Waals surface area contributed by atoms with E-state index in [0.717, 1.165) is 19.3 Å². The number of rotatable bonds is 31. The molecule has 0 saturated heterocycles. The van der Waals surface area contributed by atoms with Crippen LogP contribution < -0.4 is 0 Å². The molecule has 0 saturated carbocycles. The lowest BCUT2D eigenvalue weighted by Gasteiger charge is -2.14. The minimum atomic E-state index is -4.25. The highest BCUT2D eigenvalue weighted by atomic mass is 33.1. The maximum atomic E-state index is 11.5. The van der Waals surface area contributed by atoms with E-state index in [1.807, 2.05) is 21.6 Å². The van der Waals surface area contributed by atoms with Gasteiger partial charge in [-0.1, -0.05) is 144 Å². The van der Waals surface area contributed by atoms with Crippen LogP contribution in [0.3, 0.4) is 0 Å². The van der Waals surface area contributed by atoms with Gasteiger partial charge < -0.3 is 10.00 Å². The Hall–Kier alpha value is 0.730. The van der Waals surface area contributed by atoms with Crippen LogP contribution >= 0.6 is 29.4 Å². The highest BCUT2D eigenvalue weighted by Crippen LogP contribution is 2.44. The number of hydrogen-bond acceptors (Lipinski definition) is 7. The van der Waals surface area contributed by atoms with E-state index in [2.05, 4.69) is 16.1 Å². The van der Waals surface area contributed by atoms with Crippen molar-refractivity contribution in [2.24, 2.45) is 0 Å². The van der Waals surface area contributed by atoms with Crippen molar-refractivity contribution in [3.63, 3.8) is 0 Å². The summed E-state index contributed by atoms with van der Waals surface area (Å²) in [7, 11) is -0.275. The fourth-order valence-corrected chi connectivity index (χ4v) is 7.12. The molecule has 37 heavy (non-hydrogen) atoms. The Morgan fingerprint density at radius 2 is 1.03 bits per heavy atom. The lowest BCUT2D eigenvalue weighted by molar-refractivity contribution is -0.227. The van der Waals surface area contributed by atoms with Crippen LogP contribution in [0.2, 0.25) is 0 Å². The van der Waals surface area contributed by atoms with Gasteiger partial charge in [0.25, 0.3) is 0 Å². The smallest absolute Gasteiger partial charge is 0.394 e. The maximum Gasteiger partial charge on any atom is 0.499 e. The van der Waals surface area contributed by atoms with Crippen LogP contribution in [0.4, 0.5) is 0 Å². The zero-order chi connectivity index (χ0) is 27.3. The van der Waals surface area contributed by atoms with E-state index < -0.39 is 13.9 Å². The van der Waals surface area contributed by atoms with E-state index in [9.17, 15) is 9.46 Å². The van der Waals surface area contributed by atoms with Gasteiger partial charge in [-0.25, -0.2) is 9.45 Å². The molecule has 0 aromatic rings. The fraction of sp³-hybridized carbons (Fsp3) is 1.00. The molecule has 0 aliphatic heterocycles. The van der Waals surface area contributed by atoms with Crippen LogP contribution in [0.15, 0.2) is 0 Å². The molecule has 0 aliphatic carbocycles. The first-order valence-electron chi connectivity index (χ1n) is 15.2. The van der Waals surface area contributed by atoms with Crippen LogP contribution in [-0.4, -0.2) is 40.8 Å². The Morgan fingerprint density at radius 3 is 1.43 bits per heavy atom. The molecule has 0 amide bonds. The molecule has 0 fully saturated rings. The summed E-state index contributed by atoms with van der Waals surface area (Å²) in [5.41, 5.74) is 0. The van der Waals surface area contributed by atoms with Gasteiger partial charge in [-0.05, 0) is 26.2 Å². The Kier molecular flexibility index (Phi) is 30.3. The lowest BCUT2D eigenvalue weighted by atomic mass is 10.0. The second kappa shape index (κ2) is 29.7. The summed E-state index contributed by atoms with van der Waals surface area (Å²) in [5, 5.41) is 8.82. The van der Waals surface area contributed by atoms with Gasteiger partial charge >= 0.3 is 7.82 Å². The van der Waals surface area contributed by atoms with Crippen molar-refractivity contribution < 1.29 is 28.7 Å². The summed E-state index contributed by atoms with van der Waals surface area (Å²) in [6.45, 7) is 3.66. The zero-order valence-corrected chi connectivity index (χ0v) is 26.6. The minimum Gasteiger partial charge on any atom is -0.394 e. The van der Waals surface area contributed by atoms with Crippen molar-refractivity contribution in [1.82, 2.24) is 0 Å². The second-order valence-electron chi connectivity index (χ2n) is 10.2. The normalized spacial score (nSPS) is 14.2. The molecular formula is C28H59O6PS2. The summed E-state index contributed by atoms with van der Waals surface area (Å²) < 4.78 is 20.6. The first kappa shape index (κ1) is 37.7. The van der Waals surface area contributed by atoms with Gasteiger partial charge in [0.2, 0.25) is 0 Å². The highest BCUT2D eigenvalue weighted by molar-refractivity contribution is 8.76. The van der Waals surface area contributed by atoms with Gasteiger partial charge in [0.15, 0.2) is 0 Å². The summed E-state index contributed by atoms with van der Waals surface area (Å²) in [6, 6.07) is 0. The summed E-state index contributed by atoms with van der Waals surface area (Å²) >= 11 is 0. The SMILES string of the molecule is CCCCCCCCCCCCCCCCCCCSSCCCCCCOOP(=O)(O)OC(C)CO. The number of unbranched alkanes of at least 4 members (excludes halogenated alkanes) is 19. The molecule has 0 heterocycles. The molecule has 2 unspecified atom stereocenters. The highest BCUT2D eigenvalue weighted by Gasteiger charge is 2.25. The van der Waals surface area contributed by atoms with Gasteiger partial charge in [0, 0.05) is 11.5 Å². The summed E-state index contributed by atoms with van der Waals surface area (Å²) in [5.74, 6) is 2.42. The number of hydrogen-bond donors (Lipinski definition) is 2. The molecule has 2 atom stereocenters. The van der Waals surface area contributed by atoms with Gasteiger partial charge in [0.1, 0.15) is 0 Å². The second-order valence-corrected chi connectivity index (χ2v) is 14.2. The third kappa shape index (κ3) is 31.1. The zero-order valence-electron chi connectivity index (χ0n) is 24.0. The average molecular weight is 587 g/mol. The Morgan fingerprint density at radius 1 is 0.649 bits per heavy atom. The maximum absolute atomic E-state index is 11.5. The largest absolute Gasteiger partial charge is 0.499 e. The van der Waals surface area contributed by atoms with Gasteiger partial charge in [-0.15, -0.1) is 4.67 Å². The quantitative estimate of drug-likeness (QED) is 0.0273. The Bertz CT molecular complexity index is 501. The third-order valence-electron chi connectivity index (χ3n) is 6.34. The molecule has 0 rings (SSSR count). The van der Waals surface area contributed by atoms with Crippen molar-refractivity contribution in [3.8, 4) is 0 Å². The number of aliphatic hydroxyl groups is 1. The summed E-state index contributed by atoms with van der Waals surface area (Å²) in [4.78, 5) is 14.1. The number of phosphoric ester groups is 1. The number of aliphatic hydroxyl groups excluding tert-OH is 1. The van der Waals surface area contributed by atoms with Crippen LogP contribution in [0.25, 0.3) is 0 Å². The van der Waals surface area contributed by atoms with Gasteiger partial charge in [-0.3, -0.25) is 4.52 Å². The van der Waals surface area contributed by atoms with Crippen molar-refractivity contribution in [1.29, 1.82) is 0 Å². The van der Waals surface area contributed by atoms with Gasteiger partial charge in [0.05, 0.1) is 19.3 Å². The van der Waals surface area contributed by atoms with E-state index in [0.29, 0.717) is 0 Å². The van der Waals surface area contributed by atoms with Crippen LogP contribution in [0.5, 0.6) is 0 Å². The molecule has 6 nitrogen and oxygen atoms in total. The van der Waals surface area contributed by atoms with Crippen LogP contribution in [0, 0.1) is 0 Å². The standard InChI is InChI=1S/C28H59O6PS2/c1-3-4-5-6-7-8-9-10-11-12-13-14-15-16-17-19-22-25-36-37-26-23-20-18-21-24-32-34-35(30,31)33-28(2)27-29/h28-29H,3-27H2,1-2H3,(H,30,31). The van der Waals surface area contributed by atoms with Gasteiger partial charge in [-0.2, -0.15) is 0 Å². The molecule has 224 valence electrons. The molecule has 0 radical (unpaired) electrons. The van der Waals surface area contributed by atoms with E-state index in [1.165, 1.54) is 134 Å². The summed E-state index contributed by atoms with van der Waals surface area (Å²) in [6.07, 6.45) is 27.5. The van der Waals surface area contributed by atoms with Crippen molar-refractivity contribution >= 4 is 29.4 Å². The van der Waals surface area contributed by atoms with E-state index in [1.54, 1.807) is 0 Å². The third-order valence-corrected chi connectivity index (χ3v) is 9.83. The average Bonchev–Trinajstić information content (AvgIpc) is 2.87. The first-order chi connectivity index (χ1) is 18.0. The molecule has 0 bridgehead atoms. The monoisotopic (exact) mass is 586 g/mol. The molecule has 9 heteroatoms. The molecule has 0 aromatic carbocycles. The molecule has 0 aliphatic rings. The topological polar surface area (TPSA) is 85.2 Å². The van der Waals surface area contributed by atoms with Crippen molar-refractivity contribution in [2.75, 3.05) is 24.7 Å². The molecule has 2 N–H and O–H groups in total. The first-order valence-corrected chi connectivity index (χ1v) is 19.2.